The first-order valence-electron chi connectivity index (χ1n) is 7.06. The lowest BCUT2D eigenvalue weighted by Crippen LogP contribution is -2.55. The van der Waals surface area contributed by atoms with E-state index >= 15 is 0 Å². The normalized spacial score (nSPS) is 19.4. The van der Waals surface area contributed by atoms with Crippen LogP contribution in [-0.4, -0.2) is 64.8 Å². The zero-order valence-corrected chi connectivity index (χ0v) is 12.5. The van der Waals surface area contributed by atoms with Gasteiger partial charge in [-0.2, -0.15) is 0 Å². The van der Waals surface area contributed by atoms with Gasteiger partial charge in [-0.15, -0.1) is 13.2 Å². The van der Waals surface area contributed by atoms with Crippen molar-refractivity contribution in [3.63, 3.8) is 0 Å². The fourth-order valence-electron chi connectivity index (χ4n) is 2.53. The summed E-state index contributed by atoms with van der Waals surface area (Å²) >= 11 is 0. The molecule has 1 aliphatic rings. The summed E-state index contributed by atoms with van der Waals surface area (Å²) < 4.78 is 53.6. The minimum atomic E-state index is -4.97. The molecule has 2 N–H and O–H groups in total. The fraction of sp³-hybridized carbons (Fsp3) is 0.500. The van der Waals surface area contributed by atoms with Crippen LogP contribution < -0.4 is 4.74 Å². The van der Waals surface area contributed by atoms with Crippen molar-refractivity contribution in [2.75, 3.05) is 26.2 Å². The molecule has 1 heterocycles. The molecule has 1 amide bonds. The molecular formula is C14H16F4N2O4. The predicted molar refractivity (Wildman–Crippen MR) is 74.0 cm³/mol. The number of benzene rings is 1. The number of hydrogen-bond donors (Lipinski definition) is 2. The van der Waals surface area contributed by atoms with Crippen molar-refractivity contribution >= 4 is 6.09 Å². The van der Waals surface area contributed by atoms with Crippen molar-refractivity contribution in [3.05, 3.63) is 29.6 Å². The first-order valence-corrected chi connectivity index (χ1v) is 7.06. The third-order valence-corrected chi connectivity index (χ3v) is 3.69. The van der Waals surface area contributed by atoms with Crippen molar-refractivity contribution in [1.29, 1.82) is 0 Å². The van der Waals surface area contributed by atoms with Gasteiger partial charge in [-0.3, -0.25) is 4.90 Å². The van der Waals surface area contributed by atoms with Gasteiger partial charge in [-0.05, 0) is 17.7 Å². The van der Waals surface area contributed by atoms with E-state index in [0.717, 1.165) is 17.0 Å². The highest BCUT2D eigenvalue weighted by molar-refractivity contribution is 5.65. The summed E-state index contributed by atoms with van der Waals surface area (Å²) in [4.78, 5) is 13.9. The van der Waals surface area contributed by atoms with E-state index in [4.69, 9.17) is 5.11 Å². The maximum absolute atomic E-state index is 13.7. The Labute approximate surface area is 134 Å². The van der Waals surface area contributed by atoms with Crippen molar-refractivity contribution in [2.24, 2.45) is 0 Å². The third kappa shape index (κ3) is 4.71. The Morgan fingerprint density at radius 1 is 1.33 bits per heavy atom. The molecule has 1 atom stereocenters. The number of amides is 1. The maximum atomic E-state index is 13.7. The number of aliphatic hydroxyl groups is 1. The second-order valence-corrected chi connectivity index (χ2v) is 5.35. The highest BCUT2D eigenvalue weighted by Gasteiger charge is 2.33. The average molecular weight is 352 g/mol. The van der Waals surface area contributed by atoms with Crippen LogP contribution in [0.25, 0.3) is 0 Å². The first-order chi connectivity index (χ1) is 11.2. The summed E-state index contributed by atoms with van der Waals surface area (Å²) in [5.41, 5.74) is 0.393. The van der Waals surface area contributed by atoms with Crippen LogP contribution in [0.1, 0.15) is 5.56 Å². The van der Waals surface area contributed by atoms with Gasteiger partial charge in [0, 0.05) is 26.2 Å². The highest BCUT2D eigenvalue weighted by atomic mass is 19.4. The quantitative estimate of drug-likeness (QED) is 0.810. The largest absolute Gasteiger partial charge is 0.573 e. The molecule has 2 rings (SSSR count). The van der Waals surface area contributed by atoms with Crippen LogP contribution in [0.15, 0.2) is 18.2 Å². The van der Waals surface area contributed by atoms with Crippen LogP contribution in [0.2, 0.25) is 0 Å². The molecule has 1 aromatic carbocycles. The van der Waals surface area contributed by atoms with Gasteiger partial charge >= 0.3 is 12.5 Å². The Morgan fingerprint density at radius 2 is 2.04 bits per heavy atom. The van der Waals surface area contributed by atoms with E-state index in [1.165, 1.54) is 6.07 Å². The molecule has 1 aromatic rings. The van der Waals surface area contributed by atoms with Gasteiger partial charge in [0.05, 0.1) is 12.6 Å². The Kier molecular flexibility index (Phi) is 5.50. The van der Waals surface area contributed by atoms with E-state index in [1.54, 1.807) is 4.90 Å². The van der Waals surface area contributed by atoms with Crippen LogP contribution in [0.4, 0.5) is 22.4 Å². The Bertz CT molecular complexity index is 597. The van der Waals surface area contributed by atoms with E-state index in [1.807, 2.05) is 0 Å². The van der Waals surface area contributed by atoms with E-state index in [0.29, 0.717) is 12.1 Å². The second kappa shape index (κ2) is 7.22. The molecule has 0 radical (unpaired) electrons. The summed E-state index contributed by atoms with van der Waals surface area (Å²) in [6.07, 6.45) is -6.06. The number of rotatable bonds is 4. The molecule has 1 aliphatic heterocycles. The summed E-state index contributed by atoms with van der Waals surface area (Å²) in [5, 5.41) is 18.3. The number of halogens is 4. The monoisotopic (exact) mass is 352 g/mol. The Hall–Kier alpha value is -2.07. The number of carboxylic acid groups (broad SMARTS) is 1. The predicted octanol–water partition coefficient (Wildman–Crippen LogP) is 1.88. The number of hydrogen-bond acceptors (Lipinski definition) is 4. The average Bonchev–Trinajstić information content (AvgIpc) is 2.49. The van der Waals surface area contributed by atoms with E-state index < -0.39 is 30.1 Å². The second-order valence-electron chi connectivity index (χ2n) is 5.35. The third-order valence-electron chi connectivity index (χ3n) is 3.69. The van der Waals surface area contributed by atoms with Gasteiger partial charge in [-0.1, -0.05) is 6.07 Å². The number of carbonyl (C=O) groups is 1. The molecular weight excluding hydrogens is 336 g/mol. The van der Waals surface area contributed by atoms with Crippen LogP contribution in [0, 0.1) is 5.82 Å². The zero-order chi connectivity index (χ0) is 17.9. The molecule has 1 saturated heterocycles. The van der Waals surface area contributed by atoms with Gasteiger partial charge in [0.15, 0.2) is 11.6 Å². The van der Waals surface area contributed by atoms with E-state index in [2.05, 4.69) is 4.74 Å². The summed E-state index contributed by atoms with van der Waals surface area (Å²) in [7, 11) is 0. The molecule has 0 aromatic heterocycles. The summed E-state index contributed by atoms with van der Waals surface area (Å²) in [5.74, 6) is -2.06. The van der Waals surface area contributed by atoms with Crippen LogP contribution >= 0.6 is 0 Å². The number of piperazine rings is 1. The smallest absolute Gasteiger partial charge is 0.465 e. The number of alkyl halides is 3. The molecule has 134 valence electrons. The molecule has 0 saturated carbocycles. The van der Waals surface area contributed by atoms with Crippen LogP contribution in [0.3, 0.4) is 0 Å². The molecule has 6 nitrogen and oxygen atoms in total. The van der Waals surface area contributed by atoms with E-state index in [9.17, 15) is 27.5 Å². The van der Waals surface area contributed by atoms with Gasteiger partial charge in [-0.25, -0.2) is 9.18 Å². The molecule has 0 spiro atoms. The lowest BCUT2D eigenvalue weighted by atomic mass is 10.1. The van der Waals surface area contributed by atoms with Gasteiger partial charge in [0.1, 0.15) is 0 Å². The molecule has 10 heteroatoms. The maximum Gasteiger partial charge on any atom is 0.573 e. The number of aliphatic hydroxyl groups excluding tert-OH is 1. The van der Waals surface area contributed by atoms with Crippen LogP contribution in [0.5, 0.6) is 5.75 Å². The van der Waals surface area contributed by atoms with Gasteiger partial charge < -0.3 is 19.8 Å². The summed E-state index contributed by atoms with van der Waals surface area (Å²) in [6.45, 7) is 0.524. The van der Waals surface area contributed by atoms with Crippen molar-refractivity contribution < 1.29 is 37.3 Å². The molecule has 0 aliphatic carbocycles. The summed E-state index contributed by atoms with van der Waals surface area (Å²) in [6, 6.07) is 2.64. The lowest BCUT2D eigenvalue weighted by molar-refractivity contribution is -0.275. The number of nitrogens with zero attached hydrogens (tertiary/aromatic N) is 2. The fourth-order valence-corrected chi connectivity index (χ4v) is 2.53. The molecule has 0 unspecified atom stereocenters. The van der Waals surface area contributed by atoms with E-state index in [-0.39, 0.29) is 26.2 Å². The van der Waals surface area contributed by atoms with Crippen LogP contribution in [-0.2, 0) is 6.54 Å². The minimum absolute atomic E-state index is 0.101. The van der Waals surface area contributed by atoms with Gasteiger partial charge in [0.25, 0.3) is 0 Å². The highest BCUT2D eigenvalue weighted by Crippen LogP contribution is 2.26. The minimum Gasteiger partial charge on any atom is -0.465 e. The Morgan fingerprint density at radius 3 is 2.58 bits per heavy atom. The molecule has 0 bridgehead atoms. The molecule has 24 heavy (non-hydrogen) atoms. The topological polar surface area (TPSA) is 73.2 Å². The number of ether oxygens (including phenoxy) is 1. The van der Waals surface area contributed by atoms with Gasteiger partial charge in [0.2, 0.25) is 0 Å². The first kappa shape index (κ1) is 18.3. The van der Waals surface area contributed by atoms with Crippen molar-refractivity contribution in [3.8, 4) is 5.75 Å². The molecule has 1 fully saturated rings. The zero-order valence-electron chi connectivity index (χ0n) is 12.5. The standard InChI is InChI=1S/C14H16F4N2O4/c15-11-5-9(1-2-12(11)24-14(16,17)18)6-19-3-4-20(13(22)23)7-10(19)8-21/h1-2,5,10,21H,3-4,6-8H2,(H,22,23)/t10-/m1/s1. The SMILES string of the molecule is O=C(O)N1CCN(Cc2ccc(OC(F)(F)F)c(F)c2)[C@@H](CO)C1. The van der Waals surface area contributed by atoms with Crippen molar-refractivity contribution in [1.82, 2.24) is 9.80 Å². The lowest BCUT2D eigenvalue weighted by Gasteiger charge is -2.39. The van der Waals surface area contributed by atoms with Crippen molar-refractivity contribution in [2.45, 2.75) is 18.9 Å². The Balaban J connectivity index is 2.05.